The average Bonchev–Trinajstić information content (AvgIpc) is 2.44. The standard InChI is InChI=1S/C16H27NO3/c1-4-8-19-15-6-5-14(12-17-11-13(2)3)16(10-15)20-9-7-18/h5-6,10,13,17-18H,4,7-9,11-12H2,1-3H3. The highest BCUT2D eigenvalue weighted by Crippen LogP contribution is 2.25. The molecule has 2 N–H and O–H groups in total. The summed E-state index contributed by atoms with van der Waals surface area (Å²) in [5.41, 5.74) is 1.09. The summed E-state index contributed by atoms with van der Waals surface area (Å²) in [6, 6.07) is 5.89. The van der Waals surface area contributed by atoms with Crippen LogP contribution in [0.2, 0.25) is 0 Å². The van der Waals surface area contributed by atoms with E-state index < -0.39 is 0 Å². The van der Waals surface area contributed by atoms with E-state index >= 15 is 0 Å². The normalized spacial score (nSPS) is 10.8. The van der Waals surface area contributed by atoms with Crippen molar-refractivity contribution in [1.82, 2.24) is 5.32 Å². The molecule has 114 valence electrons. The van der Waals surface area contributed by atoms with Crippen LogP contribution < -0.4 is 14.8 Å². The molecule has 0 aliphatic carbocycles. The molecule has 0 radical (unpaired) electrons. The Balaban J connectivity index is 2.69. The second-order valence-electron chi connectivity index (χ2n) is 5.21. The predicted molar refractivity (Wildman–Crippen MR) is 81.4 cm³/mol. The van der Waals surface area contributed by atoms with Crippen molar-refractivity contribution in [1.29, 1.82) is 0 Å². The maximum atomic E-state index is 8.91. The Hall–Kier alpha value is -1.26. The van der Waals surface area contributed by atoms with Crippen LogP contribution in [0, 0.1) is 5.92 Å². The van der Waals surface area contributed by atoms with Gasteiger partial charge >= 0.3 is 0 Å². The summed E-state index contributed by atoms with van der Waals surface area (Å²) in [6.45, 7) is 9.17. The summed E-state index contributed by atoms with van der Waals surface area (Å²) < 4.78 is 11.2. The molecule has 0 saturated carbocycles. The third-order valence-corrected chi connectivity index (χ3v) is 2.73. The molecule has 0 aromatic heterocycles. The molecule has 0 saturated heterocycles. The molecule has 20 heavy (non-hydrogen) atoms. The molecule has 0 bridgehead atoms. The van der Waals surface area contributed by atoms with E-state index in [9.17, 15) is 0 Å². The van der Waals surface area contributed by atoms with Gasteiger partial charge in [-0.1, -0.05) is 26.8 Å². The first-order valence-electron chi connectivity index (χ1n) is 7.37. The van der Waals surface area contributed by atoms with E-state index in [0.717, 1.165) is 36.6 Å². The first-order chi connectivity index (χ1) is 9.67. The average molecular weight is 281 g/mol. The Morgan fingerprint density at radius 2 is 2.00 bits per heavy atom. The summed E-state index contributed by atoms with van der Waals surface area (Å²) in [4.78, 5) is 0. The molecule has 0 aliphatic rings. The summed E-state index contributed by atoms with van der Waals surface area (Å²) in [5, 5.41) is 12.3. The fraction of sp³-hybridized carbons (Fsp3) is 0.625. The lowest BCUT2D eigenvalue weighted by Gasteiger charge is -2.14. The van der Waals surface area contributed by atoms with Gasteiger partial charge in [0.25, 0.3) is 0 Å². The van der Waals surface area contributed by atoms with Crippen molar-refractivity contribution in [3.8, 4) is 11.5 Å². The molecular formula is C16H27NO3. The van der Waals surface area contributed by atoms with Crippen LogP contribution >= 0.6 is 0 Å². The number of nitrogens with one attached hydrogen (secondary N) is 1. The van der Waals surface area contributed by atoms with Crippen molar-refractivity contribution in [3.63, 3.8) is 0 Å². The highest BCUT2D eigenvalue weighted by molar-refractivity contribution is 5.40. The number of aliphatic hydroxyl groups is 1. The van der Waals surface area contributed by atoms with Gasteiger partial charge in [-0.3, -0.25) is 0 Å². The Morgan fingerprint density at radius 3 is 2.65 bits per heavy atom. The minimum Gasteiger partial charge on any atom is -0.493 e. The summed E-state index contributed by atoms with van der Waals surface area (Å²) in [5.74, 6) is 2.21. The zero-order chi connectivity index (χ0) is 14.8. The maximum absolute atomic E-state index is 8.91. The quantitative estimate of drug-likeness (QED) is 0.692. The predicted octanol–water partition coefficient (Wildman–Crippen LogP) is 2.59. The van der Waals surface area contributed by atoms with Crippen molar-refractivity contribution in [2.45, 2.75) is 33.7 Å². The number of ether oxygens (including phenoxy) is 2. The minimum absolute atomic E-state index is 0.0128. The van der Waals surface area contributed by atoms with Crippen LogP contribution in [0.1, 0.15) is 32.8 Å². The Kier molecular flexibility index (Phi) is 8.07. The second kappa shape index (κ2) is 9.61. The van der Waals surface area contributed by atoms with Crippen LogP contribution in [-0.2, 0) is 6.54 Å². The summed E-state index contributed by atoms with van der Waals surface area (Å²) in [6.07, 6.45) is 0.977. The van der Waals surface area contributed by atoms with Gasteiger partial charge in [-0.05, 0) is 24.9 Å². The smallest absolute Gasteiger partial charge is 0.127 e. The van der Waals surface area contributed by atoms with Gasteiger partial charge in [0, 0.05) is 18.2 Å². The van der Waals surface area contributed by atoms with Gasteiger partial charge in [-0.15, -0.1) is 0 Å². The molecule has 0 unspecified atom stereocenters. The van der Waals surface area contributed by atoms with Crippen LogP contribution in [0.5, 0.6) is 11.5 Å². The number of hydrogen-bond acceptors (Lipinski definition) is 4. The van der Waals surface area contributed by atoms with Gasteiger partial charge in [0.1, 0.15) is 18.1 Å². The molecule has 0 amide bonds. The lowest BCUT2D eigenvalue weighted by molar-refractivity contribution is 0.199. The fourth-order valence-electron chi connectivity index (χ4n) is 1.78. The van der Waals surface area contributed by atoms with E-state index in [-0.39, 0.29) is 6.61 Å². The maximum Gasteiger partial charge on any atom is 0.127 e. The van der Waals surface area contributed by atoms with Crippen molar-refractivity contribution in [2.75, 3.05) is 26.4 Å². The van der Waals surface area contributed by atoms with E-state index in [0.29, 0.717) is 19.1 Å². The Labute approximate surface area is 122 Å². The first kappa shape index (κ1) is 16.8. The molecule has 1 aromatic rings. The van der Waals surface area contributed by atoms with E-state index in [1.165, 1.54) is 0 Å². The zero-order valence-corrected chi connectivity index (χ0v) is 12.8. The fourth-order valence-corrected chi connectivity index (χ4v) is 1.78. The Bertz CT molecular complexity index is 380. The lowest BCUT2D eigenvalue weighted by Crippen LogP contribution is -2.19. The third-order valence-electron chi connectivity index (χ3n) is 2.73. The van der Waals surface area contributed by atoms with Crippen molar-refractivity contribution in [2.24, 2.45) is 5.92 Å². The molecule has 4 nitrogen and oxygen atoms in total. The third kappa shape index (κ3) is 6.26. The van der Waals surface area contributed by atoms with E-state index in [2.05, 4.69) is 26.1 Å². The van der Waals surface area contributed by atoms with Gasteiger partial charge < -0.3 is 19.9 Å². The molecule has 0 heterocycles. The SMILES string of the molecule is CCCOc1ccc(CNCC(C)C)c(OCCO)c1. The van der Waals surface area contributed by atoms with Gasteiger partial charge in [0.15, 0.2) is 0 Å². The van der Waals surface area contributed by atoms with Gasteiger partial charge in [-0.2, -0.15) is 0 Å². The molecule has 0 atom stereocenters. The topological polar surface area (TPSA) is 50.7 Å². The lowest BCUT2D eigenvalue weighted by atomic mass is 10.1. The van der Waals surface area contributed by atoms with Crippen molar-refractivity contribution in [3.05, 3.63) is 23.8 Å². The van der Waals surface area contributed by atoms with Crippen LogP contribution in [0.25, 0.3) is 0 Å². The van der Waals surface area contributed by atoms with Gasteiger partial charge in [0.2, 0.25) is 0 Å². The number of rotatable bonds is 10. The van der Waals surface area contributed by atoms with Crippen LogP contribution in [0.3, 0.4) is 0 Å². The largest absolute Gasteiger partial charge is 0.493 e. The number of benzene rings is 1. The number of aliphatic hydroxyl groups excluding tert-OH is 1. The monoisotopic (exact) mass is 281 g/mol. The molecule has 4 heteroatoms. The molecule has 0 fully saturated rings. The molecule has 1 rings (SSSR count). The highest BCUT2D eigenvalue weighted by Gasteiger charge is 2.06. The highest BCUT2D eigenvalue weighted by atomic mass is 16.5. The van der Waals surface area contributed by atoms with Crippen LogP contribution in [-0.4, -0.2) is 31.5 Å². The molecule has 0 spiro atoms. The minimum atomic E-state index is 0.0128. The Morgan fingerprint density at radius 1 is 1.20 bits per heavy atom. The molecule has 1 aromatic carbocycles. The first-order valence-corrected chi connectivity index (χ1v) is 7.37. The van der Waals surface area contributed by atoms with Crippen LogP contribution in [0.15, 0.2) is 18.2 Å². The van der Waals surface area contributed by atoms with Crippen molar-refractivity contribution >= 4 is 0 Å². The van der Waals surface area contributed by atoms with Crippen LogP contribution in [0.4, 0.5) is 0 Å². The van der Waals surface area contributed by atoms with Crippen molar-refractivity contribution < 1.29 is 14.6 Å². The summed E-state index contributed by atoms with van der Waals surface area (Å²) in [7, 11) is 0. The molecule has 0 aliphatic heterocycles. The number of hydrogen-bond donors (Lipinski definition) is 2. The van der Waals surface area contributed by atoms with E-state index in [1.54, 1.807) is 0 Å². The van der Waals surface area contributed by atoms with Gasteiger partial charge in [0.05, 0.1) is 13.2 Å². The molecular weight excluding hydrogens is 254 g/mol. The van der Waals surface area contributed by atoms with Gasteiger partial charge in [-0.25, -0.2) is 0 Å². The zero-order valence-electron chi connectivity index (χ0n) is 12.8. The van der Waals surface area contributed by atoms with E-state index in [4.69, 9.17) is 14.6 Å². The summed E-state index contributed by atoms with van der Waals surface area (Å²) >= 11 is 0. The van der Waals surface area contributed by atoms with E-state index in [1.807, 2.05) is 18.2 Å². The second-order valence-corrected chi connectivity index (χ2v) is 5.21.